The number of nitrogens with one attached hydrogen (secondary N) is 3. The van der Waals surface area contributed by atoms with E-state index >= 15 is 0 Å². The van der Waals surface area contributed by atoms with Gasteiger partial charge in [0.15, 0.2) is 0 Å². The molecule has 6 nitrogen and oxygen atoms in total. The molecule has 1 aliphatic carbocycles. The first-order valence-corrected chi connectivity index (χ1v) is 9.29. The van der Waals surface area contributed by atoms with Crippen LogP contribution in [0.1, 0.15) is 49.5 Å². The third kappa shape index (κ3) is 3.52. The van der Waals surface area contributed by atoms with Crippen LogP contribution < -0.4 is 16.2 Å². The zero-order valence-corrected chi connectivity index (χ0v) is 15.2. The number of rotatable bonds is 5. The lowest BCUT2D eigenvalue weighted by atomic mass is 9.89. The Hall–Kier alpha value is -1.73. The van der Waals surface area contributed by atoms with Crippen molar-refractivity contribution in [2.24, 2.45) is 5.92 Å². The summed E-state index contributed by atoms with van der Waals surface area (Å²) in [6.07, 6.45) is 3.17. The highest BCUT2D eigenvalue weighted by Crippen LogP contribution is 2.35. The molecule has 3 N–H and O–H groups in total. The van der Waals surface area contributed by atoms with Crippen molar-refractivity contribution in [3.63, 3.8) is 0 Å². The fraction of sp³-hybridized carbons (Fsp3) is 0.588. The fourth-order valence-electron chi connectivity index (χ4n) is 3.19. The molecule has 0 spiro atoms. The summed E-state index contributed by atoms with van der Waals surface area (Å²) in [4.78, 5) is 33.2. The first kappa shape index (κ1) is 17.1. The van der Waals surface area contributed by atoms with Gasteiger partial charge in [0.25, 0.3) is 5.56 Å². The average Bonchev–Trinajstić information content (AvgIpc) is 2.88. The van der Waals surface area contributed by atoms with Gasteiger partial charge in [0.2, 0.25) is 5.91 Å². The van der Waals surface area contributed by atoms with E-state index < -0.39 is 0 Å². The van der Waals surface area contributed by atoms with Gasteiger partial charge in [0, 0.05) is 24.9 Å². The van der Waals surface area contributed by atoms with Crippen LogP contribution in [0.2, 0.25) is 0 Å². The Morgan fingerprint density at radius 3 is 3.00 bits per heavy atom. The summed E-state index contributed by atoms with van der Waals surface area (Å²) in [6, 6.07) is -0.0751. The standard InChI is InChI=1S/C17H24N4O2S/c1-9-4-5-12-13(8-9)24-17-14(12)16(23)20-15(21-17)10(2)18-6-7-19-11(3)22/h9-10,18H,4-8H2,1-3H3,(H,19,22)(H,20,21,23)/t9-,10+/m1/s1. The Morgan fingerprint density at radius 2 is 2.25 bits per heavy atom. The molecule has 1 amide bonds. The van der Waals surface area contributed by atoms with Crippen LogP contribution in [0.15, 0.2) is 4.79 Å². The average molecular weight is 348 g/mol. The minimum absolute atomic E-state index is 0.0300. The van der Waals surface area contributed by atoms with Gasteiger partial charge in [-0.1, -0.05) is 6.92 Å². The number of amides is 1. The van der Waals surface area contributed by atoms with Gasteiger partial charge in [-0.05, 0) is 37.7 Å². The van der Waals surface area contributed by atoms with Crippen molar-refractivity contribution >= 4 is 27.5 Å². The number of carbonyl (C=O) groups is 1. The van der Waals surface area contributed by atoms with Crippen molar-refractivity contribution < 1.29 is 4.79 Å². The van der Waals surface area contributed by atoms with Crippen molar-refractivity contribution in [2.75, 3.05) is 13.1 Å². The molecule has 3 rings (SSSR count). The van der Waals surface area contributed by atoms with E-state index in [1.807, 2.05) is 6.92 Å². The topological polar surface area (TPSA) is 86.9 Å². The van der Waals surface area contributed by atoms with Crippen LogP contribution in [-0.2, 0) is 17.6 Å². The van der Waals surface area contributed by atoms with Gasteiger partial charge in [-0.25, -0.2) is 4.98 Å². The fourth-order valence-corrected chi connectivity index (χ4v) is 4.58. The maximum Gasteiger partial charge on any atom is 0.259 e. The van der Waals surface area contributed by atoms with Gasteiger partial charge in [-0.3, -0.25) is 9.59 Å². The van der Waals surface area contributed by atoms with E-state index in [0.29, 0.717) is 24.8 Å². The first-order valence-electron chi connectivity index (χ1n) is 8.48. The van der Waals surface area contributed by atoms with Crippen LogP contribution >= 0.6 is 11.3 Å². The Balaban J connectivity index is 1.80. The van der Waals surface area contributed by atoms with Crippen LogP contribution in [0, 0.1) is 5.92 Å². The molecule has 2 heterocycles. The van der Waals surface area contributed by atoms with Gasteiger partial charge >= 0.3 is 0 Å². The lowest BCUT2D eigenvalue weighted by molar-refractivity contribution is -0.118. The summed E-state index contributed by atoms with van der Waals surface area (Å²) in [5.41, 5.74) is 1.18. The molecule has 24 heavy (non-hydrogen) atoms. The number of carbonyl (C=O) groups excluding carboxylic acids is 1. The molecule has 130 valence electrons. The lowest BCUT2D eigenvalue weighted by Gasteiger charge is -2.17. The molecular weight excluding hydrogens is 324 g/mol. The van der Waals surface area contributed by atoms with E-state index in [2.05, 4.69) is 22.5 Å². The zero-order valence-electron chi connectivity index (χ0n) is 14.4. The summed E-state index contributed by atoms with van der Waals surface area (Å²) in [7, 11) is 0. The molecule has 0 saturated carbocycles. The highest BCUT2D eigenvalue weighted by atomic mass is 32.1. The number of aryl methyl sites for hydroxylation is 1. The van der Waals surface area contributed by atoms with Crippen molar-refractivity contribution in [1.29, 1.82) is 0 Å². The minimum atomic E-state index is -0.0751. The molecule has 7 heteroatoms. The molecule has 0 saturated heterocycles. The second-order valence-electron chi connectivity index (χ2n) is 6.64. The van der Waals surface area contributed by atoms with Crippen LogP contribution in [0.5, 0.6) is 0 Å². The van der Waals surface area contributed by atoms with Gasteiger partial charge < -0.3 is 15.6 Å². The molecule has 0 bridgehead atoms. The van der Waals surface area contributed by atoms with E-state index in [4.69, 9.17) is 4.98 Å². The smallest absolute Gasteiger partial charge is 0.259 e. The van der Waals surface area contributed by atoms with Crippen LogP contribution in [0.4, 0.5) is 0 Å². The molecule has 0 fully saturated rings. The minimum Gasteiger partial charge on any atom is -0.355 e. The summed E-state index contributed by atoms with van der Waals surface area (Å²) in [5.74, 6) is 1.29. The van der Waals surface area contributed by atoms with Gasteiger partial charge in [-0.15, -0.1) is 11.3 Å². The molecule has 0 radical (unpaired) electrons. The number of H-pyrrole nitrogens is 1. The van der Waals surface area contributed by atoms with E-state index in [0.717, 1.165) is 29.5 Å². The van der Waals surface area contributed by atoms with E-state index in [1.54, 1.807) is 11.3 Å². The first-order chi connectivity index (χ1) is 11.5. The highest BCUT2D eigenvalue weighted by Gasteiger charge is 2.23. The second-order valence-corrected chi connectivity index (χ2v) is 7.73. The Labute approximate surface area is 145 Å². The van der Waals surface area contributed by atoms with Gasteiger partial charge in [0.05, 0.1) is 11.4 Å². The van der Waals surface area contributed by atoms with Crippen LogP contribution in [-0.4, -0.2) is 29.0 Å². The Morgan fingerprint density at radius 1 is 1.46 bits per heavy atom. The predicted molar refractivity (Wildman–Crippen MR) is 96.5 cm³/mol. The lowest BCUT2D eigenvalue weighted by Crippen LogP contribution is -2.32. The molecule has 0 aromatic carbocycles. The van der Waals surface area contributed by atoms with Crippen LogP contribution in [0.25, 0.3) is 10.2 Å². The van der Waals surface area contributed by atoms with Crippen molar-refractivity contribution in [3.05, 3.63) is 26.6 Å². The zero-order chi connectivity index (χ0) is 17.3. The summed E-state index contributed by atoms with van der Waals surface area (Å²) < 4.78 is 0. The molecule has 2 aromatic heterocycles. The molecular formula is C17H24N4O2S. The number of aromatic amines is 1. The number of nitrogens with zero attached hydrogens (tertiary/aromatic N) is 1. The summed E-state index contributed by atoms with van der Waals surface area (Å²) >= 11 is 1.67. The maximum atomic E-state index is 12.6. The van der Waals surface area contributed by atoms with Crippen LogP contribution in [0.3, 0.4) is 0 Å². The molecule has 2 aromatic rings. The van der Waals surface area contributed by atoms with E-state index in [9.17, 15) is 9.59 Å². The van der Waals surface area contributed by atoms with Crippen molar-refractivity contribution in [3.8, 4) is 0 Å². The molecule has 0 aliphatic heterocycles. The third-order valence-electron chi connectivity index (χ3n) is 4.54. The molecule has 2 atom stereocenters. The monoisotopic (exact) mass is 348 g/mol. The molecule has 1 aliphatic rings. The second kappa shape index (κ2) is 7.03. The maximum absolute atomic E-state index is 12.6. The Kier molecular flexibility index (Phi) is 5.01. The van der Waals surface area contributed by atoms with Crippen molar-refractivity contribution in [1.82, 2.24) is 20.6 Å². The number of thiophene rings is 1. The highest BCUT2D eigenvalue weighted by molar-refractivity contribution is 7.18. The largest absolute Gasteiger partial charge is 0.355 e. The number of hydrogen-bond donors (Lipinski definition) is 3. The van der Waals surface area contributed by atoms with Gasteiger partial charge in [0.1, 0.15) is 10.7 Å². The number of fused-ring (bicyclic) bond motifs is 3. The SMILES string of the molecule is CC(=O)NCCN[C@@H](C)c1nc2sc3c(c2c(=O)[nH]1)CC[C@@H](C)C3. The third-order valence-corrected chi connectivity index (χ3v) is 5.69. The number of hydrogen-bond acceptors (Lipinski definition) is 5. The summed E-state index contributed by atoms with van der Waals surface area (Å²) in [6.45, 7) is 6.90. The van der Waals surface area contributed by atoms with E-state index in [-0.39, 0.29) is 17.5 Å². The van der Waals surface area contributed by atoms with Crippen molar-refractivity contribution in [2.45, 2.75) is 46.1 Å². The van der Waals surface area contributed by atoms with Gasteiger partial charge in [-0.2, -0.15) is 0 Å². The van der Waals surface area contributed by atoms with E-state index in [1.165, 1.54) is 17.4 Å². The summed E-state index contributed by atoms with van der Waals surface area (Å²) in [5, 5.41) is 6.80. The Bertz CT molecular complexity index is 811. The number of aromatic nitrogens is 2. The predicted octanol–water partition coefficient (Wildman–Crippen LogP) is 1.90. The molecule has 0 unspecified atom stereocenters. The quantitative estimate of drug-likeness (QED) is 0.720. The normalized spacial score (nSPS) is 18.4.